The summed E-state index contributed by atoms with van der Waals surface area (Å²) < 4.78 is 6.06. The first-order valence-corrected chi connectivity index (χ1v) is 11.2. The maximum atomic E-state index is 12.8. The first kappa shape index (κ1) is 21.6. The lowest BCUT2D eigenvalue weighted by Gasteiger charge is -2.32. The summed E-state index contributed by atoms with van der Waals surface area (Å²) >= 11 is 0. The average Bonchev–Trinajstić information content (AvgIpc) is 2.75. The van der Waals surface area contributed by atoms with Crippen LogP contribution in [0.4, 0.5) is 0 Å². The molecule has 1 atom stereocenters. The van der Waals surface area contributed by atoms with Crippen molar-refractivity contribution < 1.29 is 9.53 Å². The molecule has 0 saturated carbocycles. The fraction of sp³-hybridized carbons (Fsp3) is 0.500. The molecular weight excluding hydrogens is 358 g/mol. The summed E-state index contributed by atoms with van der Waals surface area (Å²) in [5.74, 6) is -0.0170. The number of piperidine rings is 1. The van der Waals surface area contributed by atoms with Crippen LogP contribution in [0.25, 0.3) is 0 Å². The van der Waals surface area contributed by atoms with Gasteiger partial charge in [0.05, 0.1) is 0 Å². The molecular formula is C26H35NO2. The van der Waals surface area contributed by atoms with Crippen LogP contribution in [0.15, 0.2) is 60.7 Å². The van der Waals surface area contributed by atoms with Crippen LogP contribution in [0.2, 0.25) is 0 Å². The second kappa shape index (κ2) is 11.8. The van der Waals surface area contributed by atoms with E-state index in [1.165, 1.54) is 17.5 Å². The molecule has 0 bridgehead atoms. The lowest BCUT2D eigenvalue weighted by atomic mass is 10.00. The molecule has 1 heterocycles. The molecule has 3 heteroatoms. The Balaban J connectivity index is 1.51. The highest BCUT2D eigenvalue weighted by molar-refractivity contribution is 5.76. The Bertz CT molecular complexity index is 671. The third-order valence-electron chi connectivity index (χ3n) is 5.99. The predicted octanol–water partition coefficient (Wildman–Crippen LogP) is 5.43. The summed E-state index contributed by atoms with van der Waals surface area (Å²) in [7, 11) is 2.05. The zero-order chi connectivity index (χ0) is 20.3. The van der Waals surface area contributed by atoms with E-state index in [0.717, 1.165) is 57.9 Å². The van der Waals surface area contributed by atoms with Crippen LogP contribution in [0.3, 0.4) is 0 Å². The summed E-state index contributed by atoms with van der Waals surface area (Å²) in [4.78, 5) is 15.0. The van der Waals surface area contributed by atoms with Gasteiger partial charge < -0.3 is 4.74 Å². The molecule has 1 aliphatic heterocycles. The molecule has 1 saturated heterocycles. The van der Waals surface area contributed by atoms with Gasteiger partial charge in [-0.25, -0.2) is 0 Å². The van der Waals surface area contributed by atoms with Gasteiger partial charge in [-0.2, -0.15) is 0 Å². The summed E-state index contributed by atoms with van der Waals surface area (Å²) in [5, 5.41) is 0. The Hall–Kier alpha value is -2.13. The van der Waals surface area contributed by atoms with Crippen LogP contribution >= 0.6 is 0 Å². The zero-order valence-electron chi connectivity index (χ0n) is 17.8. The van der Waals surface area contributed by atoms with Crippen molar-refractivity contribution in [2.75, 3.05) is 13.6 Å². The molecule has 0 aliphatic carbocycles. The van der Waals surface area contributed by atoms with Gasteiger partial charge in [0, 0.05) is 0 Å². The molecule has 0 N–H and O–H groups in total. The van der Waals surface area contributed by atoms with E-state index in [1.807, 2.05) is 7.05 Å². The van der Waals surface area contributed by atoms with E-state index in [9.17, 15) is 4.79 Å². The van der Waals surface area contributed by atoms with E-state index in [1.54, 1.807) is 0 Å². The number of hydrogen-bond acceptors (Lipinski definition) is 3. The van der Waals surface area contributed by atoms with E-state index in [4.69, 9.17) is 4.74 Å². The molecule has 0 spiro atoms. The van der Waals surface area contributed by atoms with Crippen molar-refractivity contribution in [2.24, 2.45) is 0 Å². The first-order chi connectivity index (χ1) is 14.2. The van der Waals surface area contributed by atoms with Crippen LogP contribution in [0.1, 0.15) is 56.1 Å². The zero-order valence-corrected chi connectivity index (χ0v) is 17.8. The van der Waals surface area contributed by atoms with Gasteiger partial charge >= 0.3 is 5.97 Å². The van der Waals surface area contributed by atoms with Crippen LogP contribution in [0, 0.1) is 0 Å². The molecule has 1 aliphatic rings. The minimum absolute atomic E-state index is 0.0170. The highest BCUT2D eigenvalue weighted by Crippen LogP contribution is 2.20. The number of likely N-dealkylation sites (tertiary alicyclic amines) is 1. The molecule has 2 aromatic carbocycles. The van der Waals surface area contributed by atoms with Gasteiger partial charge in [0.1, 0.15) is 12.1 Å². The van der Waals surface area contributed by atoms with E-state index in [2.05, 4.69) is 65.6 Å². The van der Waals surface area contributed by atoms with E-state index >= 15 is 0 Å². The number of likely N-dealkylation sites (N-methyl/N-ethyl adjacent to an activating group) is 1. The second-order valence-corrected chi connectivity index (χ2v) is 8.31. The van der Waals surface area contributed by atoms with E-state index in [-0.39, 0.29) is 18.1 Å². The monoisotopic (exact) mass is 393 g/mol. The summed E-state index contributed by atoms with van der Waals surface area (Å²) in [6.45, 7) is 0.993. The maximum Gasteiger partial charge on any atom is 0.323 e. The van der Waals surface area contributed by atoms with Crippen LogP contribution in [-0.2, 0) is 22.4 Å². The molecule has 29 heavy (non-hydrogen) atoms. The van der Waals surface area contributed by atoms with E-state index < -0.39 is 0 Å². The number of ether oxygens (including phenoxy) is 1. The number of esters is 1. The Labute approximate surface area is 176 Å². The highest BCUT2D eigenvalue weighted by atomic mass is 16.5. The Kier molecular flexibility index (Phi) is 8.76. The number of hydrogen-bond donors (Lipinski definition) is 0. The Morgan fingerprint density at radius 1 is 0.931 bits per heavy atom. The number of carbonyl (C=O) groups excluding carboxylic acids is 1. The number of benzene rings is 2. The third-order valence-corrected chi connectivity index (χ3v) is 5.99. The molecule has 156 valence electrons. The van der Waals surface area contributed by atoms with Crippen molar-refractivity contribution in [3.8, 4) is 0 Å². The van der Waals surface area contributed by atoms with Gasteiger partial charge in [-0.05, 0) is 76.1 Å². The normalized spacial score (nSPS) is 17.4. The molecule has 2 aromatic rings. The number of rotatable bonds is 10. The molecule has 0 amide bonds. The van der Waals surface area contributed by atoms with Gasteiger partial charge in [0.15, 0.2) is 0 Å². The Morgan fingerprint density at radius 2 is 1.48 bits per heavy atom. The van der Waals surface area contributed by atoms with Crippen molar-refractivity contribution in [3.05, 3.63) is 71.8 Å². The molecule has 3 nitrogen and oxygen atoms in total. The van der Waals surface area contributed by atoms with Gasteiger partial charge in [-0.1, -0.05) is 67.1 Å². The lowest BCUT2D eigenvalue weighted by molar-refractivity contribution is -0.157. The summed E-state index contributed by atoms with van der Waals surface area (Å²) in [5.41, 5.74) is 2.71. The minimum atomic E-state index is -0.0607. The second-order valence-electron chi connectivity index (χ2n) is 8.31. The van der Waals surface area contributed by atoms with Crippen molar-refractivity contribution in [3.63, 3.8) is 0 Å². The minimum Gasteiger partial charge on any atom is -0.461 e. The number of aryl methyl sites for hydroxylation is 2. The largest absolute Gasteiger partial charge is 0.461 e. The van der Waals surface area contributed by atoms with E-state index in [0.29, 0.717) is 0 Å². The smallest absolute Gasteiger partial charge is 0.323 e. The predicted molar refractivity (Wildman–Crippen MR) is 119 cm³/mol. The third kappa shape index (κ3) is 7.32. The maximum absolute atomic E-state index is 12.8. The van der Waals surface area contributed by atoms with Crippen molar-refractivity contribution in [2.45, 2.75) is 69.9 Å². The van der Waals surface area contributed by atoms with Crippen molar-refractivity contribution in [1.82, 2.24) is 4.90 Å². The highest BCUT2D eigenvalue weighted by Gasteiger charge is 2.29. The van der Waals surface area contributed by atoms with Gasteiger partial charge in [-0.15, -0.1) is 0 Å². The van der Waals surface area contributed by atoms with Crippen molar-refractivity contribution in [1.29, 1.82) is 0 Å². The van der Waals surface area contributed by atoms with Gasteiger partial charge in [-0.3, -0.25) is 9.69 Å². The fourth-order valence-corrected chi connectivity index (χ4v) is 4.23. The van der Waals surface area contributed by atoms with Crippen LogP contribution < -0.4 is 0 Å². The molecule has 0 unspecified atom stereocenters. The Morgan fingerprint density at radius 3 is 2.00 bits per heavy atom. The van der Waals surface area contributed by atoms with Crippen LogP contribution in [-0.4, -0.2) is 36.6 Å². The average molecular weight is 394 g/mol. The molecule has 3 rings (SSSR count). The fourth-order valence-electron chi connectivity index (χ4n) is 4.23. The summed E-state index contributed by atoms with van der Waals surface area (Å²) in [6, 6.07) is 21.1. The van der Waals surface area contributed by atoms with Crippen LogP contribution in [0.5, 0.6) is 0 Å². The topological polar surface area (TPSA) is 29.5 Å². The summed E-state index contributed by atoms with van der Waals surface area (Å²) in [6.07, 6.45) is 9.29. The number of nitrogens with zero attached hydrogens (tertiary/aromatic N) is 1. The molecule has 1 fully saturated rings. The SMILES string of the molecule is CN1CCCC[C@H]1C(=O)OC(CCCc1ccccc1)CCCc1ccccc1. The van der Waals surface area contributed by atoms with Gasteiger partial charge in [0.25, 0.3) is 0 Å². The standard InChI is InChI=1S/C26H35NO2/c1-27-21-9-8-20-25(27)26(28)29-24(18-10-16-22-12-4-2-5-13-22)19-11-17-23-14-6-3-7-15-23/h2-7,12-15,24-25H,8-11,16-21H2,1H3/t25-/m0/s1. The lowest BCUT2D eigenvalue weighted by Crippen LogP contribution is -2.44. The first-order valence-electron chi connectivity index (χ1n) is 11.2. The van der Waals surface area contributed by atoms with Gasteiger partial charge in [0.2, 0.25) is 0 Å². The quantitative estimate of drug-likeness (QED) is 0.504. The molecule has 0 radical (unpaired) electrons. The van der Waals surface area contributed by atoms with Crippen molar-refractivity contribution >= 4 is 5.97 Å². The molecule has 0 aromatic heterocycles. The number of carbonyl (C=O) groups is 1.